The Kier molecular flexibility index (Phi) is 4.09. The second-order valence-electron chi connectivity index (χ2n) is 3.45. The Balaban J connectivity index is 1.92. The van der Waals surface area contributed by atoms with Gasteiger partial charge in [0, 0.05) is 13.1 Å². The summed E-state index contributed by atoms with van der Waals surface area (Å²) in [5.74, 6) is -0.213. The minimum absolute atomic E-state index is 0.213. The predicted octanol–water partition coefficient (Wildman–Crippen LogP) is 3.94. The summed E-state index contributed by atoms with van der Waals surface area (Å²) in [6.45, 7) is 1.47. The molecule has 4 heteroatoms. The van der Waals surface area contributed by atoms with Crippen molar-refractivity contribution in [1.29, 1.82) is 0 Å². The summed E-state index contributed by atoms with van der Waals surface area (Å²) in [7, 11) is 0. The van der Waals surface area contributed by atoms with E-state index in [4.69, 9.17) is 0 Å². The first-order chi connectivity index (χ1) is 7.77. The molecule has 0 amide bonds. The van der Waals surface area contributed by atoms with Crippen LogP contribution in [0.3, 0.4) is 0 Å². The third-order valence-corrected chi connectivity index (χ3v) is 3.88. The smallest absolute Gasteiger partial charge is 0.137 e. The molecule has 0 radical (unpaired) electrons. The van der Waals surface area contributed by atoms with Crippen LogP contribution in [0.2, 0.25) is 0 Å². The topological polar surface area (TPSA) is 12.0 Å². The fourth-order valence-corrected chi connectivity index (χ4v) is 2.49. The monoisotopic (exact) mass is 299 g/mol. The molecule has 0 bridgehead atoms. The number of hydrogen-bond acceptors (Lipinski definition) is 2. The standard InChI is InChI=1S/C12H11BrFNS/c13-12-10(2-1-3-11(12)14)7-15-6-9-4-5-16-8-9/h1-5,8,15H,6-7H2. The Hall–Kier alpha value is -0.710. The molecule has 0 saturated carbocycles. The van der Waals surface area contributed by atoms with Crippen LogP contribution < -0.4 is 5.32 Å². The van der Waals surface area contributed by atoms with Crippen LogP contribution in [0, 0.1) is 5.82 Å². The molecule has 0 saturated heterocycles. The molecule has 16 heavy (non-hydrogen) atoms. The van der Waals surface area contributed by atoms with Gasteiger partial charge in [0.25, 0.3) is 0 Å². The molecule has 2 rings (SSSR count). The first kappa shape index (κ1) is 11.8. The molecule has 1 aromatic carbocycles. The average Bonchev–Trinajstić information content (AvgIpc) is 2.77. The second kappa shape index (κ2) is 5.57. The van der Waals surface area contributed by atoms with E-state index in [0.29, 0.717) is 11.0 Å². The summed E-state index contributed by atoms with van der Waals surface area (Å²) in [5, 5.41) is 7.44. The molecule has 0 unspecified atom stereocenters. The van der Waals surface area contributed by atoms with E-state index in [1.54, 1.807) is 17.4 Å². The molecule has 0 spiro atoms. The SMILES string of the molecule is Fc1cccc(CNCc2ccsc2)c1Br. The first-order valence-corrected chi connectivity index (χ1v) is 6.65. The maximum absolute atomic E-state index is 13.2. The van der Waals surface area contributed by atoms with Crippen LogP contribution in [-0.2, 0) is 13.1 Å². The van der Waals surface area contributed by atoms with Crippen LogP contribution >= 0.6 is 27.3 Å². The minimum Gasteiger partial charge on any atom is -0.309 e. The number of benzene rings is 1. The van der Waals surface area contributed by atoms with Gasteiger partial charge in [0.15, 0.2) is 0 Å². The van der Waals surface area contributed by atoms with Crippen molar-refractivity contribution in [3.05, 3.63) is 56.4 Å². The minimum atomic E-state index is -0.213. The van der Waals surface area contributed by atoms with Crippen LogP contribution in [0.4, 0.5) is 4.39 Å². The van der Waals surface area contributed by atoms with Crippen molar-refractivity contribution in [2.24, 2.45) is 0 Å². The van der Waals surface area contributed by atoms with Gasteiger partial charge in [0.2, 0.25) is 0 Å². The van der Waals surface area contributed by atoms with Gasteiger partial charge < -0.3 is 5.32 Å². The molecule has 2 aromatic rings. The van der Waals surface area contributed by atoms with E-state index < -0.39 is 0 Å². The van der Waals surface area contributed by atoms with Crippen molar-refractivity contribution in [1.82, 2.24) is 5.32 Å². The lowest BCUT2D eigenvalue weighted by atomic mass is 10.2. The average molecular weight is 300 g/mol. The van der Waals surface area contributed by atoms with Crippen LogP contribution in [-0.4, -0.2) is 0 Å². The van der Waals surface area contributed by atoms with Crippen molar-refractivity contribution < 1.29 is 4.39 Å². The zero-order valence-electron chi connectivity index (χ0n) is 8.54. The lowest BCUT2D eigenvalue weighted by Gasteiger charge is -2.06. The fraction of sp³-hybridized carbons (Fsp3) is 0.167. The highest BCUT2D eigenvalue weighted by molar-refractivity contribution is 9.10. The summed E-state index contributed by atoms with van der Waals surface area (Å²) in [5.41, 5.74) is 2.20. The van der Waals surface area contributed by atoms with E-state index in [1.807, 2.05) is 6.07 Å². The number of rotatable bonds is 4. The largest absolute Gasteiger partial charge is 0.309 e. The Labute approximate surface area is 106 Å². The van der Waals surface area contributed by atoms with Gasteiger partial charge in [-0.2, -0.15) is 11.3 Å². The van der Waals surface area contributed by atoms with E-state index in [-0.39, 0.29) is 5.82 Å². The molecule has 0 fully saturated rings. The van der Waals surface area contributed by atoms with E-state index >= 15 is 0 Å². The zero-order chi connectivity index (χ0) is 11.4. The Bertz CT molecular complexity index is 456. The van der Waals surface area contributed by atoms with Crippen molar-refractivity contribution in [3.8, 4) is 0 Å². The van der Waals surface area contributed by atoms with Gasteiger partial charge in [-0.05, 0) is 49.9 Å². The van der Waals surface area contributed by atoms with Crippen LogP contribution in [0.15, 0.2) is 39.5 Å². The lowest BCUT2D eigenvalue weighted by Crippen LogP contribution is -2.12. The summed E-state index contributed by atoms with van der Waals surface area (Å²) < 4.78 is 13.8. The first-order valence-electron chi connectivity index (χ1n) is 4.92. The lowest BCUT2D eigenvalue weighted by molar-refractivity contribution is 0.612. The number of halogens is 2. The Morgan fingerprint density at radius 2 is 2.12 bits per heavy atom. The highest BCUT2D eigenvalue weighted by Crippen LogP contribution is 2.20. The summed E-state index contributed by atoms with van der Waals surface area (Å²) >= 11 is 4.93. The van der Waals surface area contributed by atoms with Crippen LogP contribution in [0.25, 0.3) is 0 Å². The van der Waals surface area contributed by atoms with Gasteiger partial charge in [0.05, 0.1) is 4.47 Å². The van der Waals surface area contributed by atoms with E-state index in [0.717, 1.165) is 12.1 Å². The molecule has 1 aromatic heterocycles. The van der Waals surface area contributed by atoms with Gasteiger partial charge in [0.1, 0.15) is 5.82 Å². The van der Waals surface area contributed by atoms with E-state index in [2.05, 4.69) is 38.1 Å². The van der Waals surface area contributed by atoms with Crippen molar-refractivity contribution in [2.75, 3.05) is 0 Å². The van der Waals surface area contributed by atoms with Crippen molar-refractivity contribution in [2.45, 2.75) is 13.1 Å². The molecular formula is C12H11BrFNS. The van der Waals surface area contributed by atoms with Crippen LogP contribution in [0.1, 0.15) is 11.1 Å². The molecule has 1 N–H and O–H groups in total. The molecule has 0 aliphatic carbocycles. The summed E-state index contributed by atoms with van der Waals surface area (Å²) in [6, 6.07) is 7.17. The number of nitrogens with one attached hydrogen (secondary N) is 1. The summed E-state index contributed by atoms with van der Waals surface area (Å²) in [4.78, 5) is 0. The highest BCUT2D eigenvalue weighted by Gasteiger charge is 2.04. The Morgan fingerprint density at radius 1 is 1.25 bits per heavy atom. The Morgan fingerprint density at radius 3 is 2.88 bits per heavy atom. The normalized spacial score (nSPS) is 10.6. The molecule has 0 aliphatic heterocycles. The van der Waals surface area contributed by atoms with E-state index in [1.165, 1.54) is 11.6 Å². The molecule has 1 nitrogen and oxygen atoms in total. The van der Waals surface area contributed by atoms with Gasteiger partial charge in [-0.25, -0.2) is 4.39 Å². The van der Waals surface area contributed by atoms with Gasteiger partial charge in [-0.15, -0.1) is 0 Å². The molecule has 0 atom stereocenters. The van der Waals surface area contributed by atoms with Gasteiger partial charge in [-0.3, -0.25) is 0 Å². The number of hydrogen-bond donors (Lipinski definition) is 1. The molecule has 0 aliphatic rings. The van der Waals surface area contributed by atoms with Gasteiger partial charge in [-0.1, -0.05) is 12.1 Å². The number of thiophene rings is 1. The fourth-order valence-electron chi connectivity index (χ4n) is 1.42. The second-order valence-corrected chi connectivity index (χ2v) is 5.02. The highest BCUT2D eigenvalue weighted by atomic mass is 79.9. The van der Waals surface area contributed by atoms with Gasteiger partial charge >= 0.3 is 0 Å². The molecular weight excluding hydrogens is 289 g/mol. The zero-order valence-corrected chi connectivity index (χ0v) is 10.9. The van der Waals surface area contributed by atoms with Crippen molar-refractivity contribution >= 4 is 27.3 Å². The molecule has 1 heterocycles. The van der Waals surface area contributed by atoms with Crippen molar-refractivity contribution in [3.63, 3.8) is 0 Å². The summed E-state index contributed by atoms with van der Waals surface area (Å²) in [6.07, 6.45) is 0. The van der Waals surface area contributed by atoms with Crippen LogP contribution in [0.5, 0.6) is 0 Å². The molecule has 84 valence electrons. The maximum atomic E-state index is 13.2. The third-order valence-electron chi connectivity index (χ3n) is 2.26. The maximum Gasteiger partial charge on any atom is 0.137 e. The van der Waals surface area contributed by atoms with E-state index in [9.17, 15) is 4.39 Å². The quantitative estimate of drug-likeness (QED) is 0.902. The third kappa shape index (κ3) is 2.90. The predicted molar refractivity (Wildman–Crippen MR) is 69.0 cm³/mol.